The quantitative estimate of drug-likeness (QED) is 0.221. The molecule has 0 aliphatic rings. The average molecular weight is 421 g/mol. The Hall–Kier alpha value is -1.48. The Balaban J connectivity index is 1.52. The summed E-state index contributed by atoms with van der Waals surface area (Å²) in [6.45, 7) is 2.25. The molecule has 0 saturated carbocycles. The topological polar surface area (TPSA) is 0 Å². The molecule has 2 heteroatoms. The third-order valence-electron chi connectivity index (χ3n) is 5.49. The molecule has 0 nitrogen and oxygen atoms in total. The van der Waals surface area contributed by atoms with E-state index in [1.165, 1.54) is 71.6 Å². The van der Waals surface area contributed by atoms with Crippen molar-refractivity contribution in [1.82, 2.24) is 0 Å². The van der Waals surface area contributed by atoms with E-state index in [0.717, 1.165) is 21.1 Å². The lowest BCUT2D eigenvalue weighted by molar-refractivity contribution is 0.795. The monoisotopic (exact) mass is 420 g/mol. The summed E-state index contributed by atoms with van der Waals surface area (Å²) in [5, 5.41) is 0. The molecule has 2 unspecified atom stereocenters. The van der Waals surface area contributed by atoms with Crippen molar-refractivity contribution >= 4 is 17.2 Å². The van der Waals surface area contributed by atoms with Gasteiger partial charge in [0, 0.05) is 0 Å². The minimum Gasteiger partial charge on any atom is -0.114 e. The zero-order valence-electron chi connectivity index (χ0n) is 17.7. The maximum Gasteiger partial charge on any atom is -0.00258 e. The molecule has 0 aromatic heterocycles. The fourth-order valence-electron chi connectivity index (χ4n) is 3.67. The number of rotatable bonds is 11. The van der Waals surface area contributed by atoms with Gasteiger partial charge in [-0.25, -0.2) is 0 Å². The number of hydrogen-bond donors (Lipinski definition) is 0. The first kappa shape index (κ1) is 22.2. The van der Waals surface area contributed by atoms with Crippen LogP contribution < -0.4 is 0 Å². The molecular weight excluding hydrogens is 386 g/mol. The molecule has 0 heterocycles. The van der Waals surface area contributed by atoms with Gasteiger partial charge >= 0.3 is 0 Å². The Kier molecular flexibility index (Phi) is 9.40. The van der Waals surface area contributed by atoms with E-state index in [0.29, 0.717) is 0 Å². The summed E-state index contributed by atoms with van der Waals surface area (Å²) in [5.41, 5.74) is 8.50. The van der Waals surface area contributed by atoms with Gasteiger partial charge in [0.05, 0.1) is 0 Å². The molecule has 3 aromatic rings. The molecule has 0 saturated heterocycles. The van der Waals surface area contributed by atoms with Crippen molar-refractivity contribution in [3.63, 3.8) is 0 Å². The SMILES string of the molecule is CCCCc1ccc(Cc2ccc(Cc3ccc(CCCPP)cc3)cc2)cc1. The normalized spacial score (nSPS) is 11.4. The van der Waals surface area contributed by atoms with E-state index in [4.69, 9.17) is 0 Å². The predicted molar refractivity (Wildman–Crippen MR) is 135 cm³/mol. The van der Waals surface area contributed by atoms with Crippen molar-refractivity contribution in [2.24, 2.45) is 0 Å². The van der Waals surface area contributed by atoms with Gasteiger partial charge in [-0.3, -0.25) is 0 Å². The van der Waals surface area contributed by atoms with Crippen molar-refractivity contribution in [2.75, 3.05) is 6.16 Å². The smallest absolute Gasteiger partial charge is 0.00258 e. The largest absolute Gasteiger partial charge is 0.114 e. The molecule has 0 fully saturated rings. The van der Waals surface area contributed by atoms with Gasteiger partial charge in [0.15, 0.2) is 0 Å². The van der Waals surface area contributed by atoms with Gasteiger partial charge < -0.3 is 0 Å². The maximum atomic E-state index is 2.84. The number of benzene rings is 3. The van der Waals surface area contributed by atoms with Crippen LogP contribution in [0.5, 0.6) is 0 Å². The Morgan fingerprint density at radius 3 is 1.24 bits per heavy atom. The van der Waals surface area contributed by atoms with Gasteiger partial charge in [0.1, 0.15) is 0 Å². The van der Waals surface area contributed by atoms with Crippen LogP contribution in [0.25, 0.3) is 0 Å². The molecule has 0 aliphatic heterocycles. The van der Waals surface area contributed by atoms with Crippen LogP contribution in [0.4, 0.5) is 0 Å². The molecule has 3 rings (SSSR count). The first-order valence-electron chi connectivity index (χ1n) is 10.9. The number of unbranched alkanes of at least 4 members (excludes halogenated alkanes) is 1. The second-order valence-electron chi connectivity index (χ2n) is 7.96. The molecule has 0 aliphatic carbocycles. The molecule has 152 valence electrons. The number of aryl methyl sites for hydroxylation is 2. The standard InChI is InChI=1S/C27H34P2/c1-2-3-5-22-7-11-24(12-8-22)20-26-15-17-27(18-16-26)21-25-13-9-23(10-14-25)6-4-19-29-28/h7-18,29H,2-6,19-21,28H2,1H3. The van der Waals surface area contributed by atoms with E-state index < -0.39 is 0 Å². The summed E-state index contributed by atoms with van der Waals surface area (Å²) in [5.74, 6) is 0. The summed E-state index contributed by atoms with van der Waals surface area (Å²) >= 11 is 0. The second-order valence-corrected chi connectivity index (χ2v) is 10.1. The summed E-state index contributed by atoms with van der Waals surface area (Å²) < 4.78 is 0. The highest BCUT2D eigenvalue weighted by atomic mass is 32.0. The fourth-order valence-corrected chi connectivity index (χ4v) is 4.66. The molecule has 0 radical (unpaired) electrons. The first-order valence-corrected chi connectivity index (χ1v) is 14.0. The van der Waals surface area contributed by atoms with Crippen molar-refractivity contribution < 1.29 is 0 Å². The van der Waals surface area contributed by atoms with Gasteiger partial charge in [-0.05, 0) is 78.1 Å². The van der Waals surface area contributed by atoms with Crippen molar-refractivity contribution in [3.05, 3.63) is 106 Å². The summed E-state index contributed by atoms with van der Waals surface area (Å²) in [6.07, 6.45) is 9.59. The van der Waals surface area contributed by atoms with E-state index >= 15 is 0 Å². The molecule has 3 aromatic carbocycles. The lowest BCUT2D eigenvalue weighted by Gasteiger charge is -2.07. The van der Waals surface area contributed by atoms with Crippen LogP contribution in [0.1, 0.15) is 59.6 Å². The van der Waals surface area contributed by atoms with E-state index in [1.54, 1.807) is 0 Å². The predicted octanol–water partition coefficient (Wildman–Crippen LogP) is 7.61. The first-order chi connectivity index (χ1) is 14.3. The molecule has 0 spiro atoms. The summed E-state index contributed by atoms with van der Waals surface area (Å²) in [7, 11) is 3.84. The highest BCUT2D eigenvalue weighted by molar-refractivity contribution is 8.02. The molecule has 2 atom stereocenters. The molecule has 0 N–H and O–H groups in total. The van der Waals surface area contributed by atoms with Crippen LogP contribution in [0.2, 0.25) is 0 Å². The van der Waals surface area contributed by atoms with Gasteiger partial charge in [0.2, 0.25) is 0 Å². The molecule has 0 bridgehead atoms. The van der Waals surface area contributed by atoms with Crippen LogP contribution in [0.15, 0.2) is 72.8 Å². The minimum absolute atomic E-state index is 0.993. The highest BCUT2D eigenvalue weighted by Gasteiger charge is 2.01. The lowest BCUT2D eigenvalue weighted by Crippen LogP contribution is -1.93. The van der Waals surface area contributed by atoms with E-state index in [-0.39, 0.29) is 0 Å². The number of hydrogen-bond acceptors (Lipinski definition) is 0. The Labute approximate surface area is 181 Å². The van der Waals surface area contributed by atoms with Crippen molar-refractivity contribution in [1.29, 1.82) is 0 Å². The van der Waals surface area contributed by atoms with Crippen LogP contribution >= 0.6 is 17.2 Å². The van der Waals surface area contributed by atoms with Crippen molar-refractivity contribution in [3.8, 4) is 0 Å². The van der Waals surface area contributed by atoms with Crippen LogP contribution in [-0.4, -0.2) is 6.16 Å². The highest BCUT2D eigenvalue weighted by Crippen LogP contribution is 2.22. The zero-order valence-corrected chi connectivity index (χ0v) is 19.8. The maximum absolute atomic E-state index is 2.84. The van der Waals surface area contributed by atoms with Crippen LogP contribution in [-0.2, 0) is 25.7 Å². The summed E-state index contributed by atoms with van der Waals surface area (Å²) in [6, 6.07) is 27.5. The summed E-state index contributed by atoms with van der Waals surface area (Å²) in [4.78, 5) is 0. The Morgan fingerprint density at radius 2 is 0.897 bits per heavy atom. The van der Waals surface area contributed by atoms with E-state index in [1.807, 2.05) is 0 Å². The zero-order chi connectivity index (χ0) is 20.3. The van der Waals surface area contributed by atoms with Crippen molar-refractivity contribution in [2.45, 2.75) is 51.9 Å². The Morgan fingerprint density at radius 1 is 0.552 bits per heavy atom. The van der Waals surface area contributed by atoms with Gasteiger partial charge in [-0.1, -0.05) is 86.1 Å². The fraction of sp³-hybridized carbons (Fsp3) is 0.333. The van der Waals surface area contributed by atoms with E-state index in [9.17, 15) is 0 Å². The van der Waals surface area contributed by atoms with Crippen LogP contribution in [0, 0.1) is 0 Å². The average Bonchev–Trinajstić information content (AvgIpc) is 2.76. The van der Waals surface area contributed by atoms with Gasteiger partial charge in [-0.2, -0.15) is 0 Å². The minimum atomic E-state index is 0.993. The van der Waals surface area contributed by atoms with E-state index in [2.05, 4.69) is 88.6 Å². The molecule has 0 amide bonds. The Bertz CT molecular complexity index is 833. The van der Waals surface area contributed by atoms with Gasteiger partial charge in [-0.15, -0.1) is 17.2 Å². The molecule has 29 heavy (non-hydrogen) atoms. The van der Waals surface area contributed by atoms with Crippen LogP contribution in [0.3, 0.4) is 0 Å². The molecular formula is C27H34P2. The third-order valence-corrected chi connectivity index (χ3v) is 7.00. The third kappa shape index (κ3) is 7.70. The second kappa shape index (κ2) is 12.3. The lowest BCUT2D eigenvalue weighted by atomic mass is 9.98. The van der Waals surface area contributed by atoms with Gasteiger partial charge in [0.25, 0.3) is 0 Å².